The standard InChI is InChI=1S/C17H18FN3O2S2/c18-13-1-3-14(4-2-13)25-11-15(22)21-8-5-12(6-9-21)16(23)20-17-19-7-10-24-17/h1-4,7,10,12H,5-6,8-9,11H2,(H,19,20,23). The quantitative estimate of drug-likeness (QED) is 0.810. The third-order valence-corrected chi connectivity index (χ3v) is 5.74. The molecule has 25 heavy (non-hydrogen) atoms. The number of likely N-dealkylation sites (tertiary alicyclic amines) is 1. The highest BCUT2D eigenvalue weighted by Gasteiger charge is 2.27. The average Bonchev–Trinajstić information content (AvgIpc) is 3.14. The first-order valence-corrected chi connectivity index (χ1v) is 9.85. The molecule has 5 nitrogen and oxygen atoms in total. The number of hydrogen-bond acceptors (Lipinski definition) is 5. The van der Waals surface area contributed by atoms with Gasteiger partial charge in [0.25, 0.3) is 0 Å². The Bertz CT molecular complexity index is 714. The predicted octanol–water partition coefficient (Wildman–Crippen LogP) is 3.25. The molecular weight excluding hydrogens is 361 g/mol. The largest absolute Gasteiger partial charge is 0.342 e. The van der Waals surface area contributed by atoms with E-state index in [0.717, 1.165) is 4.90 Å². The van der Waals surface area contributed by atoms with Crippen molar-refractivity contribution < 1.29 is 14.0 Å². The second kappa shape index (κ2) is 8.44. The summed E-state index contributed by atoms with van der Waals surface area (Å²) in [5, 5.41) is 5.24. The Morgan fingerprint density at radius 3 is 2.64 bits per heavy atom. The molecule has 2 amide bonds. The van der Waals surface area contributed by atoms with Crippen molar-refractivity contribution in [2.45, 2.75) is 17.7 Å². The third kappa shape index (κ3) is 5.02. The Morgan fingerprint density at radius 2 is 2.00 bits per heavy atom. The third-order valence-electron chi connectivity index (χ3n) is 4.06. The molecule has 2 aromatic rings. The summed E-state index contributed by atoms with van der Waals surface area (Å²) in [6, 6.07) is 6.11. The minimum Gasteiger partial charge on any atom is -0.342 e. The molecule has 0 saturated carbocycles. The fraction of sp³-hybridized carbons (Fsp3) is 0.353. The molecule has 1 N–H and O–H groups in total. The molecule has 1 aromatic heterocycles. The van der Waals surface area contributed by atoms with E-state index in [-0.39, 0.29) is 23.5 Å². The fourth-order valence-corrected chi connectivity index (χ4v) is 3.98. The van der Waals surface area contributed by atoms with E-state index >= 15 is 0 Å². The van der Waals surface area contributed by atoms with Gasteiger partial charge in [-0.25, -0.2) is 9.37 Å². The molecule has 0 unspecified atom stereocenters. The molecule has 0 atom stereocenters. The molecule has 1 aromatic carbocycles. The van der Waals surface area contributed by atoms with Gasteiger partial charge in [-0.05, 0) is 37.1 Å². The van der Waals surface area contributed by atoms with Gasteiger partial charge in [0.2, 0.25) is 11.8 Å². The van der Waals surface area contributed by atoms with Gasteiger partial charge in [0.1, 0.15) is 5.82 Å². The van der Waals surface area contributed by atoms with E-state index in [9.17, 15) is 14.0 Å². The number of anilines is 1. The second-order valence-electron chi connectivity index (χ2n) is 5.72. The number of nitrogens with zero attached hydrogens (tertiary/aromatic N) is 2. The number of piperidine rings is 1. The molecule has 3 rings (SSSR count). The number of carbonyl (C=O) groups excluding carboxylic acids is 2. The van der Waals surface area contributed by atoms with Crippen molar-refractivity contribution in [1.82, 2.24) is 9.88 Å². The number of benzene rings is 1. The van der Waals surface area contributed by atoms with E-state index in [4.69, 9.17) is 0 Å². The number of hydrogen-bond donors (Lipinski definition) is 1. The van der Waals surface area contributed by atoms with Gasteiger partial charge in [0, 0.05) is 35.5 Å². The summed E-state index contributed by atoms with van der Waals surface area (Å²) in [6.07, 6.45) is 2.97. The summed E-state index contributed by atoms with van der Waals surface area (Å²) in [7, 11) is 0. The van der Waals surface area contributed by atoms with Crippen LogP contribution in [-0.4, -0.2) is 40.5 Å². The van der Waals surface area contributed by atoms with E-state index in [1.807, 2.05) is 5.38 Å². The lowest BCUT2D eigenvalue weighted by atomic mass is 9.96. The van der Waals surface area contributed by atoms with Gasteiger partial charge >= 0.3 is 0 Å². The Balaban J connectivity index is 1.42. The van der Waals surface area contributed by atoms with Crippen LogP contribution in [0.3, 0.4) is 0 Å². The Hall–Kier alpha value is -1.93. The maximum Gasteiger partial charge on any atom is 0.232 e. The molecule has 1 fully saturated rings. The molecule has 0 radical (unpaired) electrons. The number of halogens is 1. The Morgan fingerprint density at radius 1 is 1.28 bits per heavy atom. The predicted molar refractivity (Wildman–Crippen MR) is 97.2 cm³/mol. The van der Waals surface area contributed by atoms with Crippen LogP contribution in [0.5, 0.6) is 0 Å². The molecule has 0 bridgehead atoms. The summed E-state index contributed by atoms with van der Waals surface area (Å²) < 4.78 is 12.9. The maximum absolute atomic E-state index is 12.9. The summed E-state index contributed by atoms with van der Waals surface area (Å²) in [4.78, 5) is 31.2. The molecular formula is C17H18FN3O2S2. The monoisotopic (exact) mass is 379 g/mol. The first kappa shape index (κ1) is 17.9. The minimum atomic E-state index is -0.284. The lowest BCUT2D eigenvalue weighted by molar-refractivity contribution is -0.132. The van der Waals surface area contributed by atoms with Gasteiger partial charge in [-0.2, -0.15) is 0 Å². The zero-order valence-corrected chi connectivity index (χ0v) is 15.1. The van der Waals surface area contributed by atoms with Crippen LogP contribution in [0.4, 0.5) is 9.52 Å². The van der Waals surface area contributed by atoms with Crippen LogP contribution in [0.25, 0.3) is 0 Å². The van der Waals surface area contributed by atoms with Crippen molar-refractivity contribution in [3.8, 4) is 0 Å². The van der Waals surface area contributed by atoms with E-state index in [1.165, 1.54) is 35.2 Å². The van der Waals surface area contributed by atoms with E-state index in [0.29, 0.717) is 36.8 Å². The van der Waals surface area contributed by atoms with Gasteiger partial charge < -0.3 is 10.2 Å². The minimum absolute atomic E-state index is 0.0252. The number of carbonyl (C=O) groups is 2. The molecule has 8 heteroatoms. The first-order valence-electron chi connectivity index (χ1n) is 7.98. The van der Waals surface area contributed by atoms with E-state index in [1.54, 1.807) is 23.2 Å². The van der Waals surface area contributed by atoms with Gasteiger partial charge in [-0.1, -0.05) is 0 Å². The summed E-state index contributed by atoms with van der Waals surface area (Å²) in [5.74, 6) is -0.0240. The van der Waals surface area contributed by atoms with Crippen molar-refractivity contribution >= 4 is 40.0 Å². The molecule has 132 valence electrons. The molecule has 1 saturated heterocycles. The Kier molecular flexibility index (Phi) is 6.04. The highest BCUT2D eigenvalue weighted by atomic mass is 32.2. The van der Waals surface area contributed by atoms with E-state index in [2.05, 4.69) is 10.3 Å². The van der Waals surface area contributed by atoms with Crippen LogP contribution < -0.4 is 5.32 Å². The highest BCUT2D eigenvalue weighted by Crippen LogP contribution is 2.23. The van der Waals surface area contributed by atoms with Gasteiger partial charge in [-0.15, -0.1) is 23.1 Å². The summed E-state index contributed by atoms with van der Waals surface area (Å²) >= 11 is 2.79. The number of aromatic nitrogens is 1. The van der Waals surface area contributed by atoms with Crippen LogP contribution in [-0.2, 0) is 9.59 Å². The number of rotatable bonds is 5. The normalized spacial score (nSPS) is 15.2. The van der Waals surface area contributed by atoms with Gasteiger partial charge in [0.15, 0.2) is 5.13 Å². The number of thioether (sulfide) groups is 1. The van der Waals surface area contributed by atoms with Gasteiger partial charge in [0.05, 0.1) is 5.75 Å². The van der Waals surface area contributed by atoms with Crippen LogP contribution >= 0.6 is 23.1 Å². The Labute approximate surface area is 153 Å². The SMILES string of the molecule is O=C(Nc1nccs1)C1CCN(C(=O)CSc2ccc(F)cc2)CC1. The molecule has 1 aliphatic heterocycles. The second-order valence-corrected chi connectivity index (χ2v) is 7.67. The molecule has 1 aliphatic rings. The average molecular weight is 379 g/mol. The first-order chi connectivity index (χ1) is 12.1. The zero-order chi connectivity index (χ0) is 17.6. The van der Waals surface area contributed by atoms with Crippen molar-refractivity contribution in [2.24, 2.45) is 5.92 Å². The van der Waals surface area contributed by atoms with Gasteiger partial charge in [-0.3, -0.25) is 9.59 Å². The number of nitrogens with one attached hydrogen (secondary N) is 1. The zero-order valence-electron chi connectivity index (χ0n) is 13.5. The van der Waals surface area contributed by atoms with Crippen LogP contribution in [0.15, 0.2) is 40.7 Å². The van der Waals surface area contributed by atoms with Crippen LogP contribution in [0, 0.1) is 11.7 Å². The number of amides is 2. The maximum atomic E-state index is 12.9. The van der Waals surface area contributed by atoms with Crippen LogP contribution in [0.1, 0.15) is 12.8 Å². The number of thiazole rings is 1. The fourth-order valence-electron chi connectivity index (χ4n) is 2.65. The van der Waals surface area contributed by atoms with Crippen molar-refractivity contribution in [2.75, 3.05) is 24.2 Å². The molecule has 0 spiro atoms. The lowest BCUT2D eigenvalue weighted by Gasteiger charge is -2.31. The summed E-state index contributed by atoms with van der Waals surface area (Å²) in [5.41, 5.74) is 0. The van der Waals surface area contributed by atoms with Crippen molar-refractivity contribution in [3.05, 3.63) is 41.7 Å². The molecule has 2 heterocycles. The molecule has 0 aliphatic carbocycles. The topological polar surface area (TPSA) is 62.3 Å². The summed E-state index contributed by atoms with van der Waals surface area (Å²) in [6.45, 7) is 1.16. The highest BCUT2D eigenvalue weighted by molar-refractivity contribution is 8.00. The van der Waals surface area contributed by atoms with Crippen molar-refractivity contribution in [1.29, 1.82) is 0 Å². The van der Waals surface area contributed by atoms with E-state index < -0.39 is 0 Å². The smallest absolute Gasteiger partial charge is 0.232 e. The van der Waals surface area contributed by atoms with Crippen LogP contribution in [0.2, 0.25) is 0 Å². The van der Waals surface area contributed by atoms with Crippen molar-refractivity contribution in [3.63, 3.8) is 0 Å². The lowest BCUT2D eigenvalue weighted by Crippen LogP contribution is -2.42.